The molecule has 0 fully saturated rings. The van der Waals surface area contributed by atoms with Gasteiger partial charge in [0.05, 0.1) is 12.1 Å². The Kier molecular flexibility index (Phi) is 5.91. The predicted octanol–water partition coefficient (Wildman–Crippen LogP) is 5.50. The van der Waals surface area contributed by atoms with Crippen LogP contribution in [0.3, 0.4) is 0 Å². The smallest absolute Gasteiger partial charge is 0.416 e. The van der Waals surface area contributed by atoms with E-state index in [0.717, 1.165) is 28.8 Å². The Bertz CT molecular complexity index is 1220. The maximum absolute atomic E-state index is 12.9. The summed E-state index contributed by atoms with van der Waals surface area (Å²) < 4.78 is 43.6. The standard InChI is InChI=1S/C25H18F3NO4/c26-25(27,28)18-8-10-19(11-9-18)29-14-22-17(2-1-3-21(22)24(29)32)7-4-16-5-12-20(13-6-16)33-15-23(30)31/h1-13H,14-15H2,(H,30,31)/b7-4+. The molecule has 33 heavy (non-hydrogen) atoms. The van der Waals surface area contributed by atoms with Crippen molar-refractivity contribution in [3.63, 3.8) is 0 Å². The van der Waals surface area contributed by atoms with Gasteiger partial charge in [-0.15, -0.1) is 0 Å². The number of alkyl halides is 3. The van der Waals surface area contributed by atoms with E-state index in [2.05, 4.69) is 0 Å². The number of amides is 1. The van der Waals surface area contributed by atoms with E-state index in [4.69, 9.17) is 9.84 Å². The topological polar surface area (TPSA) is 66.8 Å². The number of carboxylic acid groups (broad SMARTS) is 1. The number of aliphatic carboxylic acids is 1. The normalized spacial score (nSPS) is 13.4. The number of benzene rings is 3. The molecule has 1 heterocycles. The highest BCUT2D eigenvalue weighted by atomic mass is 19.4. The van der Waals surface area contributed by atoms with E-state index < -0.39 is 24.3 Å². The first-order chi connectivity index (χ1) is 15.7. The summed E-state index contributed by atoms with van der Waals surface area (Å²) in [5, 5.41) is 8.66. The van der Waals surface area contributed by atoms with Gasteiger partial charge in [-0.3, -0.25) is 4.79 Å². The van der Waals surface area contributed by atoms with E-state index in [1.54, 1.807) is 36.4 Å². The molecule has 0 bridgehead atoms. The van der Waals surface area contributed by atoms with Crippen LogP contribution in [0.25, 0.3) is 12.2 Å². The van der Waals surface area contributed by atoms with E-state index >= 15 is 0 Å². The molecule has 168 valence electrons. The van der Waals surface area contributed by atoms with Gasteiger partial charge in [0.2, 0.25) is 0 Å². The average molecular weight is 453 g/mol. The number of halogens is 3. The third-order valence-corrected chi connectivity index (χ3v) is 5.21. The zero-order chi connectivity index (χ0) is 23.6. The fraction of sp³-hybridized carbons (Fsp3) is 0.120. The highest BCUT2D eigenvalue weighted by Crippen LogP contribution is 2.34. The summed E-state index contributed by atoms with van der Waals surface area (Å²) in [5.41, 5.74) is 2.60. The van der Waals surface area contributed by atoms with E-state index in [9.17, 15) is 22.8 Å². The minimum absolute atomic E-state index is 0.252. The van der Waals surface area contributed by atoms with Crippen molar-refractivity contribution < 1.29 is 32.6 Å². The molecule has 1 aliphatic rings. The van der Waals surface area contributed by atoms with E-state index in [1.807, 2.05) is 18.2 Å². The highest BCUT2D eigenvalue weighted by molar-refractivity contribution is 6.10. The van der Waals surface area contributed by atoms with Gasteiger partial charge in [-0.25, -0.2) is 4.79 Å². The quantitative estimate of drug-likeness (QED) is 0.501. The number of ether oxygens (including phenoxy) is 1. The van der Waals surface area contributed by atoms with Crippen LogP contribution in [-0.2, 0) is 17.5 Å². The third kappa shape index (κ3) is 4.90. The fourth-order valence-electron chi connectivity index (χ4n) is 3.56. The van der Waals surface area contributed by atoms with Gasteiger partial charge < -0.3 is 14.7 Å². The monoisotopic (exact) mass is 453 g/mol. The van der Waals surface area contributed by atoms with Crippen LogP contribution in [0.2, 0.25) is 0 Å². The molecule has 4 rings (SSSR count). The summed E-state index contributed by atoms with van der Waals surface area (Å²) in [6.07, 6.45) is -0.730. The maximum atomic E-state index is 12.9. The number of carbonyl (C=O) groups excluding carboxylic acids is 1. The lowest BCUT2D eigenvalue weighted by molar-refractivity contribution is -0.139. The van der Waals surface area contributed by atoms with Crippen LogP contribution in [0, 0.1) is 0 Å². The van der Waals surface area contributed by atoms with Crippen molar-refractivity contribution in [1.82, 2.24) is 0 Å². The second-order valence-corrected chi connectivity index (χ2v) is 7.39. The molecular weight excluding hydrogens is 435 g/mol. The van der Waals surface area contributed by atoms with Gasteiger partial charge in [0, 0.05) is 11.3 Å². The lowest BCUT2D eigenvalue weighted by Crippen LogP contribution is -2.23. The molecule has 0 spiro atoms. The second kappa shape index (κ2) is 8.82. The molecule has 5 nitrogen and oxygen atoms in total. The summed E-state index contributed by atoms with van der Waals surface area (Å²) in [6, 6.07) is 16.7. The lowest BCUT2D eigenvalue weighted by atomic mass is 10.0. The van der Waals surface area contributed by atoms with Crippen LogP contribution in [0.5, 0.6) is 5.75 Å². The highest BCUT2D eigenvalue weighted by Gasteiger charge is 2.32. The fourth-order valence-corrected chi connectivity index (χ4v) is 3.56. The molecule has 0 unspecified atom stereocenters. The Labute approximate surface area is 187 Å². The minimum atomic E-state index is -4.44. The molecule has 0 aromatic heterocycles. The summed E-state index contributed by atoms with van der Waals surface area (Å²) in [4.78, 5) is 24.9. The van der Waals surface area contributed by atoms with Gasteiger partial charge in [0.15, 0.2) is 6.61 Å². The molecule has 3 aromatic rings. The zero-order valence-corrected chi connectivity index (χ0v) is 17.2. The lowest BCUT2D eigenvalue weighted by Gasteiger charge is -2.17. The molecular formula is C25H18F3NO4. The van der Waals surface area contributed by atoms with Crippen molar-refractivity contribution in [2.45, 2.75) is 12.7 Å². The van der Waals surface area contributed by atoms with E-state index in [1.165, 1.54) is 17.0 Å². The molecule has 1 N–H and O–H groups in total. The van der Waals surface area contributed by atoms with Crippen molar-refractivity contribution in [1.29, 1.82) is 0 Å². The summed E-state index contributed by atoms with van der Waals surface area (Å²) in [5.74, 6) is -0.885. The summed E-state index contributed by atoms with van der Waals surface area (Å²) >= 11 is 0. The molecule has 1 aliphatic heterocycles. The summed E-state index contributed by atoms with van der Waals surface area (Å²) in [7, 11) is 0. The van der Waals surface area contributed by atoms with Crippen LogP contribution in [0.15, 0.2) is 66.7 Å². The largest absolute Gasteiger partial charge is 0.482 e. The Hall–Kier alpha value is -4.07. The third-order valence-electron chi connectivity index (χ3n) is 5.21. The van der Waals surface area contributed by atoms with Crippen molar-refractivity contribution in [2.75, 3.05) is 11.5 Å². The first-order valence-corrected chi connectivity index (χ1v) is 9.96. The number of carboxylic acids is 1. The number of fused-ring (bicyclic) bond motifs is 1. The van der Waals surface area contributed by atoms with Gasteiger partial charge in [0.1, 0.15) is 5.75 Å². The molecule has 3 aromatic carbocycles. The number of rotatable bonds is 6. The molecule has 1 amide bonds. The van der Waals surface area contributed by atoms with Crippen molar-refractivity contribution >= 4 is 29.7 Å². The molecule has 8 heteroatoms. The first kappa shape index (κ1) is 22.1. The predicted molar refractivity (Wildman–Crippen MR) is 117 cm³/mol. The number of carbonyl (C=O) groups is 2. The zero-order valence-electron chi connectivity index (χ0n) is 17.2. The SMILES string of the molecule is O=C(O)COc1ccc(/C=C/c2cccc3c2CN(c2ccc(C(F)(F)F)cc2)C3=O)cc1. The van der Waals surface area contributed by atoms with Gasteiger partial charge >= 0.3 is 12.1 Å². The van der Waals surface area contributed by atoms with Crippen LogP contribution in [-0.4, -0.2) is 23.6 Å². The second-order valence-electron chi connectivity index (χ2n) is 7.39. The van der Waals surface area contributed by atoms with Crippen LogP contribution < -0.4 is 9.64 Å². The van der Waals surface area contributed by atoms with Crippen LogP contribution in [0.1, 0.15) is 32.6 Å². The number of hydrogen-bond donors (Lipinski definition) is 1. The average Bonchev–Trinajstić information content (AvgIpc) is 3.13. The minimum Gasteiger partial charge on any atom is -0.482 e. The van der Waals surface area contributed by atoms with E-state index in [0.29, 0.717) is 17.0 Å². The molecule has 0 atom stereocenters. The van der Waals surface area contributed by atoms with Crippen molar-refractivity contribution in [3.05, 3.63) is 94.5 Å². The van der Waals surface area contributed by atoms with Gasteiger partial charge in [-0.1, -0.05) is 36.4 Å². The van der Waals surface area contributed by atoms with E-state index in [-0.39, 0.29) is 12.5 Å². The Morgan fingerprint density at radius 1 is 1.00 bits per heavy atom. The number of nitrogens with zero attached hydrogens (tertiary/aromatic N) is 1. The molecule has 0 saturated heterocycles. The molecule has 0 aliphatic carbocycles. The van der Waals surface area contributed by atoms with Crippen molar-refractivity contribution in [3.8, 4) is 5.75 Å². The Morgan fingerprint density at radius 2 is 1.70 bits per heavy atom. The molecule has 0 radical (unpaired) electrons. The van der Waals surface area contributed by atoms with Gasteiger partial charge in [-0.2, -0.15) is 13.2 Å². The number of anilines is 1. The Balaban J connectivity index is 1.52. The number of hydrogen-bond acceptors (Lipinski definition) is 3. The maximum Gasteiger partial charge on any atom is 0.416 e. The summed E-state index contributed by atoms with van der Waals surface area (Å²) in [6.45, 7) is -0.170. The van der Waals surface area contributed by atoms with Gasteiger partial charge in [-0.05, 0) is 59.2 Å². The van der Waals surface area contributed by atoms with Crippen LogP contribution in [0.4, 0.5) is 18.9 Å². The van der Waals surface area contributed by atoms with Crippen molar-refractivity contribution in [2.24, 2.45) is 0 Å². The molecule has 0 saturated carbocycles. The Morgan fingerprint density at radius 3 is 2.33 bits per heavy atom. The van der Waals surface area contributed by atoms with Gasteiger partial charge in [0.25, 0.3) is 5.91 Å². The van der Waals surface area contributed by atoms with Crippen LogP contribution >= 0.6 is 0 Å². The first-order valence-electron chi connectivity index (χ1n) is 9.96.